The van der Waals surface area contributed by atoms with Gasteiger partial charge in [0, 0.05) is 0 Å². The Morgan fingerprint density at radius 3 is 1.64 bits per heavy atom. The minimum Gasteiger partial charge on any atom is -0.418 e. The maximum Gasteiger partial charge on any atom is 2.00 e. The summed E-state index contributed by atoms with van der Waals surface area (Å²) in [6.07, 6.45) is 29.5. The number of hydrogen-bond acceptors (Lipinski definition) is 0. The molecule has 0 aromatic carbocycles. The largest absolute Gasteiger partial charge is 2.00 e. The van der Waals surface area contributed by atoms with E-state index in [1.807, 2.05) is 0 Å². The monoisotopic (exact) mass is 402 g/mol. The van der Waals surface area contributed by atoms with E-state index in [9.17, 15) is 17.3 Å². The van der Waals surface area contributed by atoms with Crippen LogP contribution in [0, 0.1) is 19.3 Å². The first-order chi connectivity index (χ1) is 10.0. The van der Waals surface area contributed by atoms with Crippen LogP contribution in [0.4, 0.5) is 17.3 Å². The average Bonchev–Trinajstić information content (AvgIpc) is 2.24. The number of halogens is 4. The summed E-state index contributed by atoms with van der Waals surface area (Å²) in [4.78, 5) is 0. The fourth-order valence-corrected chi connectivity index (χ4v) is 1.43. The van der Waals surface area contributed by atoms with Gasteiger partial charge in [0.1, 0.15) is 0 Å². The molecule has 0 atom stereocenters. The third kappa shape index (κ3) is 27.7. The molecular weight excluding hydrogens is 380 g/mol. The van der Waals surface area contributed by atoms with Crippen molar-refractivity contribution in [1.82, 2.24) is 0 Å². The zero-order valence-electron chi connectivity index (χ0n) is 12.3. The van der Waals surface area contributed by atoms with Crippen LogP contribution in [0.3, 0.4) is 0 Å². The van der Waals surface area contributed by atoms with E-state index >= 15 is 0 Å². The minimum absolute atomic E-state index is 0. The Bertz CT molecular complexity index is 315. The molecule has 6 heteroatoms. The maximum absolute atomic E-state index is 9.75. The molecule has 2 aliphatic carbocycles. The van der Waals surface area contributed by atoms with E-state index in [1.165, 1.54) is 25.7 Å². The Kier molecular flexibility index (Phi) is 18.0. The molecule has 22 heavy (non-hydrogen) atoms. The second kappa shape index (κ2) is 16.7. The third-order valence-corrected chi connectivity index (χ3v) is 2.32. The van der Waals surface area contributed by atoms with Crippen LogP contribution in [0.5, 0.6) is 0 Å². The quantitative estimate of drug-likeness (QED) is 0.262. The molecule has 3 radical (unpaired) electrons. The van der Waals surface area contributed by atoms with Gasteiger partial charge in [0.25, 0.3) is 0 Å². The fourth-order valence-electron chi connectivity index (χ4n) is 1.43. The molecule has 0 N–H and O–H groups in total. The van der Waals surface area contributed by atoms with E-state index in [1.54, 1.807) is 0 Å². The zero-order chi connectivity index (χ0) is 15.8. The van der Waals surface area contributed by atoms with Crippen molar-refractivity contribution in [1.29, 1.82) is 0 Å². The van der Waals surface area contributed by atoms with Crippen LogP contribution >= 0.6 is 0 Å². The first-order valence-corrected chi connectivity index (χ1v) is 6.99. The van der Waals surface area contributed by atoms with E-state index in [0.717, 1.165) is 6.42 Å². The van der Waals surface area contributed by atoms with Gasteiger partial charge >= 0.3 is 26.7 Å². The van der Waals surface area contributed by atoms with Gasteiger partial charge in [0.2, 0.25) is 0 Å². The van der Waals surface area contributed by atoms with Crippen molar-refractivity contribution >= 4 is 7.25 Å². The molecule has 0 saturated heterocycles. The molecule has 0 amide bonds. The van der Waals surface area contributed by atoms with Gasteiger partial charge in [0.15, 0.2) is 0 Å². The first-order valence-electron chi connectivity index (χ1n) is 6.99. The van der Waals surface area contributed by atoms with Crippen LogP contribution in [0.25, 0.3) is 0 Å². The van der Waals surface area contributed by atoms with Gasteiger partial charge in [-0.1, -0.05) is 48.6 Å². The summed E-state index contributed by atoms with van der Waals surface area (Å²) in [5.41, 5.74) is 0. The molecular formula is C16H21BF4Ru+. The Hall–Kier alpha value is -0.632. The number of rotatable bonds is 0. The van der Waals surface area contributed by atoms with Crippen LogP contribution in [0.15, 0.2) is 48.6 Å². The Morgan fingerprint density at radius 2 is 1.09 bits per heavy atom. The number of hydrogen-bond donors (Lipinski definition) is 0. The van der Waals surface area contributed by atoms with Crippen molar-refractivity contribution < 1.29 is 36.7 Å². The van der Waals surface area contributed by atoms with E-state index in [2.05, 4.69) is 67.9 Å². The van der Waals surface area contributed by atoms with Gasteiger partial charge in [-0.25, -0.2) is 0 Å². The summed E-state index contributed by atoms with van der Waals surface area (Å²) < 4.78 is 39.0. The maximum atomic E-state index is 9.75. The molecule has 0 aromatic rings. The molecule has 0 saturated carbocycles. The molecule has 0 bridgehead atoms. The van der Waals surface area contributed by atoms with Gasteiger partial charge < -0.3 is 17.3 Å². The molecule has 2 rings (SSSR count). The van der Waals surface area contributed by atoms with Crippen molar-refractivity contribution in [2.45, 2.75) is 32.1 Å². The summed E-state index contributed by atoms with van der Waals surface area (Å²) in [6.45, 7) is 0. The van der Waals surface area contributed by atoms with E-state index < -0.39 is 7.25 Å². The minimum atomic E-state index is -6.00. The van der Waals surface area contributed by atoms with Gasteiger partial charge in [-0.15, -0.1) is 0 Å². The van der Waals surface area contributed by atoms with Crippen molar-refractivity contribution in [3.63, 3.8) is 0 Å². The van der Waals surface area contributed by atoms with Crippen molar-refractivity contribution in [2.24, 2.45) is 0 Å². The van der Waals surface area contributed by atoms with Gasteiger partial charge in [-0.05, 0) is 51.4 Å². The Labute approximate surface area is 144 Å². The van der Waals surface area contributed by atoms with Crippen molar-refractivity contribution in [2.75, 3.05) is 0 Å². The Balaban J connectivity index is 0. The van der Waals surface area contributed by atoms with Gasteiger partial charge in [-0.3, -0.25) is 0 Å². The number of allylic oxidation sites excluding steroid dienone is 8. The van der Waals surface area contributed by atoms with E-state index in [0.29, 0.717) is 0 Å². The van der Waals surface area contributed by atoms with Crippen LogP contribution in [0.1, 0.15) is 32.1 Å². The van der Waals surface area contributed by atoms with Crippen LogP contribution < -0.4 is 0 Å². The van der Waals surface area contributed by atoms with Gasteiger partial charge in [-0.2, -0.15) is 0 Å². The van der Waals surface area contributed by atoms with E-state index in [-0.39, 0.29) is 19.5 Å². The molecule has 0 fully saturated rings. The summed E-state index contributed by atoms with van der Waals surface area (Å²) in [5.74, 6) is 0. The standard InChI is InChI=1S/C8H11.C8H10.BF4.Ru/c2*1-2-4-6-8-7-5-3-1;2-1(3,4)5;/h1-3,6,8H,4-5,7H2;1-6H,7-8H2;;/q;;-1;+2/b8-6-;2-1-,5-3-,6-4-;;. The summed E-state index contributed by atoms with van der Waals surface area (Å²) in [5, 5.41) is 0. The predicted octanol–water partition coefficient (Wildman–Crippen LogP) is 6.09. The predicted molar refractivity (Wildman–Crippen MR) is 82.7 cm³/mol. The molecule has 0 aromatic heterocycles. The zero-order valence-corrected chi connectivity index (χ0v) is 14.1. The first kappa shape index (κ1) is 23.6. The summed E-state index contributed by atoms with van der Waals surface area (Å²) in [6, 6.07) is 0. The molecule has 0 unspecified atom stereocenters. The van der Waals surface area contributed by atoms with Crippen molar-refractivity contribution in [3.05, 3.63) is 67.9 Å². The topological polar surface area (TPSA) is 0 Å². The third-order valence-electron chi connectivity index (χ3n) is 2.32. The molecule has 0 aliphatic heterocycles. The van der Waals surface area contributed by atoms with Gasteiger partial charge in [0.05, 0.1) is 0 Å². The molecule has 0 nitrogen and oxygen atoms in total. The van der Waals surface area contributed by atoms with Crippen LogP contribution in [-0.4, -0.2) is 7.25 Å². The van der Waals surface area contributed by atoms with Crippen LogP contribution in [0.2, 0.25) is 0 Å². The molecule has 0 heterocycles. The Morgan fingerprint density at radius 1 is 0.591 bits per heavy atom. The van der Waals surface area contributed by atoms with E-state index in [4.69, 9.17) is 0 Å². The average molecular weight is 401 g/mol. The molecule has 2 aliphatic rings. The SMILES string of the molecule is C1=C\C=C/CC\C=C/1.F[B-](F)(F)F.[CH]1[CH]C/C=C\CC[CH]1.[Ru+2]. The normalized spacial score (nSPS) is 23.1. The smallest absolute Gasteiger partial charge is 0.418 e. The fraction of sp³-hybridized carbons (Fsp3) is 0.312. The molecule has 123 valence electrons. The summed E-state index contributed by atoms with van der Waals surface area (Å²) >= 11 is 0. The van der Waals surface area contributed by atoms with Crippen molar-refractivity contribution in [3.8, 4) is 0 Å². The summed E-state index contributed by atoms with van der Waals surface area (Å²) in [7, 11) is -6.00. The second-order valence-corrected chi connectivity index (χ2v) is 4.26. The second-order valence-electron chi connectivity index (χ2n) is 4.26. The van der Waals surface area contributed by atoms with Crippen LogP contribution in [-0.2, 0) is 19.5 Å². The molecule has 0 spiro atoms.